The minimum Gasteiger partial charge on any atom is -0.368 e. The van der Waals surface area contributed by atoms with Gasteiger partial charge in [0.15, 0.2) is 0 Å². The molecule has 0 aliphatic heterocycles. The third kappa shape index (κ3) is 3.99. The second-order valence-electron chi connectivity index (χ2n) is 3.75. The molecule has 1 atom stereocenters. The summed E-state index contributed by atoms with van der Waals surface area (Å²) in [5.74, 6) is -0.360. The lowest BCUT2D eigenvalue weighted by molar-refractivity contribution is -0.117. The largest absolute Gasteiger partial charge is 0.368 e. The number of rotatable bonds is 5. The Morgan fingerprint density at radius 3 is 2.33 bits per heavy atom. The molecule has 0 aliphatic carbocycles. The lowest BCUT2D eigenvalue weighted by Crippen LogP contribution is -2.29. The molecule has 0 fully saturated rings. The summed E-state index contributed by atoms with van der Waals surface area (Å²) in [5, 5.41) is -0.417. The van der Waals surface area contributed by atoms with E-state index in [9.17, 15) is 4.79 Å². The number of nitrogens with two attached hydrogens (primary N) is 1. The lowest BCUT2D eigenvalue weighted by Gasteiger charge is -2.23. The number of thiocarbonyl (C=S) groups is 1. The van der Waals surface area contributed by atoms with E-state index in [1.165, 1.54) is 11.8 Å². The van der Waals surface area contributed by atoms with Gasteiger partial charge in [0, 0.05) is 13.1 Å². The molecule has 0 saturated heterocycles. The Kier molecular flexibility index (Phi) is 6.15. The number of nitrogens with zero attached hydrogens (tertiary/aromatic N) is 1. The summed E-state index contributed by atoms with van der Waals surface area (Å²) in [6.07, 6.45) is 0. The molecule has 1 amide bonds. The number of hydrogen-bond donors (Lipinski definition) is 1. The van der Waals surface area contributed by atoms with Crippen molar-refractivity contribution >= 4 is 34.2 Å². The molecule has 5 heteroatoms. The van der Waals surface area contributed by atoms with Crippen molar-refractivity contribution < 1.29 is 4.79 Å². The van der Waals surface area contributed by atoms with E-state index in [1.807, 2.05) is 49.1 Å². The third-order valence-corrected chi connectivity index (χ3v) is 4.35. The van der Waals surface area contributed by atoms with Crippen molar-refractivity contribution in [1.29, 1.82) is 0 Å². The summed E-state index contributed by atoms with van der Waals surface area (Å²) in [5.41, 5.74) is 6.36. The number of hydrogen-bond acceptors (Lipinski definition) is 3. The third-order valence-electron chi connectivity index (χ3n) is 2.60. The fourth-order valence-corrected chi connectivity index (χ4v) is 3.14. The van der Waals surface area contributed by atoms with Crippen LogP contribution in [0.2, 0.25) is 0 Å². The SMILES string of the molecule is CCN(CC)C(=S)S[C@@H](C(N)=O)c1ccccc1. The first kappa shape index (κ1) is 15.0. The van der Waals surface area contributed by atoms with Crippen molar-refractivity contribution in [3.05, 3.63) is 35.9 Å². The fourth-order valence-electron chi connectivity index (χ4n) is 1.58. The van der Waals surface area contributed by atoms with Crippen LogP contribution < -0.4 is 5.73 Å². The van der Waals surface area contributed by atoms with E-state index in [0.717, 1.165) is 18.7 Å². The Hall–Kier alpha value is -1.07. The normalized spacial score (nSPS) is 11.9. The van der Waals surface area contributed by atoms with Gasteiger partial charge in [-0.25, -0.2) is 0 Å². The molecule has 0 heterocycles. The van der Waals surface area contributed by atoms with Gasteiger partial charge in [-0.05, 0) is 19.4 Å². The van der Waals surface area contributed by atoms with Crippen LogP contribution in [0.15, 0.2) is 30.3 Å². The van der Waals surface area contributed by atoms with Crippen molar-refractivity contribution in [3.8, 4) is 0 Å². The number of thioether (sulfide) groups is 1. The standard InChI is InChI=1S/C13H18N2OS2/c1-3-15(4-2)13(17)18-11(12(14)16)10-8-6-5-7-9-10/h5-9,11H,3-4H2,1-2H3,(H2,14,16)/t11-/m1/s1. The Morgan fingerprint density at radius 1 is 1.33 bits per heavy atom. The van der Waals surface area contributed by atoms with Gasteiger partial charge in [-0.2, -0.15) is 0 Å². The second-order valence-corrected chi connectivity index (χ2v) is 5.49. The topological polar surface area (TPSA) is 46.3 Å². The molecule has 0 bridgehead atoms. The highest BCUT2D eigenvalue weighted by molar-refractivity contribution is 8.23. The van der Waals surface area contributed by atoms with Crippen LogP contribution in [0.4, 0.5) is 0 Å². The average Bonchev–Trinajstić information content (AvgIpc) is 2.38. The van der Waals surface area contributed by atoms with Crippen LogP contribution in [-0.4, -0.2) is 28.2 Å². The lowest BCUT2D eigenvalue weighted by atomic mass is 10.1. The predicted molar refractivity (Wildman–Crippen MR) is 81.5 cm³/mol. The molecule has 0 spiro atoms. The van der Waals surface area contributed by atoms with Crippen LogP contribution in [0, 0.1) is 0 Å². The van der Waals surface area contributed by atoms with Gasteiger partial charge in [-0.3, -0.25) is 4.79 Å². The highest BCUT2D eigenvalue weighted by Gasteiger charge is 2.22. The fraction of sp³-hybridized carbons (Fsp3) is 0.385. The number of primary amides is 1. The zero-order valence-electron chi connectivity index (χ0n) is 10.6. The minimum atomic E-state index is -0.417. The number of benzene rings is 1. The van der Waals surface area contributed by atoms with E-state index in [-0.39, 0.29) is 5.91 Å². The highest BCUT2D eigenvalue weighted by atomic mass is 32.2. The molecule has 0 unspecified atom stereocenters. The summed E-state index contributed by atoms with van der Waals surface area (Å²) in [6.45, 7) is 5.75. The van der Waals surface area contributed by atoms with Crippen LogP contribution in [0.25, 0.3) is 0 Å². The van der Waals surface area contributed by atoms with Gasteiger partial charge in [0.1, 0.15) is 9.57 Å². The van der Waals surface area contributed by atoms with Crippen LogP contribution in [0.1, 0.15) is 24.7 Å². The smallest absolute Gasteiger partial charge is 0.235 e. The first-order valence-electron chi connectivity index (χ1n) is 5.90. The summed E-state index contributed by atoms with van der Waals surface area (Å²) >= 11 is 6.70. The van der Waals surface area contributed by atoms with Crippen molar-refractivity contribution in [3.63, 3.8) is 0 Å². The molecule has 18 heavy (non-hydrogen) atoms. The van der Waals surface area contributed by atoms with E-state index in [2.05, 4.69) is 0 Å². The minimum absolute atomic E-state index is 0.360. The summed E-state index contributed by atoms with van der Waals surface area (Å²) in [4.78, 5) is 13.6. The van der Waals surface area contributed by atoms with Crippen LogP contribution >= 0.6 is 24.0 Å². The van der Waals surface area contributed by atoms with Crippen molar-refractivity contribution in [1.82, 2.24) is 4.90 Å². The monoisotopic (exact) mass is 282 g/mol. The maximum absolute atomic E-state index is 11.6. The second kappa shape index (κ2) is 7.38. The molecule has 1 rings (SSSR count). The van der Waals surface area contributed by atoms with E-state index in [0.29, 0.717) is 4.32 Å². The van der Waals surface area contributed by atoms with Crippen LogP contribution in [0.3, 0.4) is 0 Å². The Balaban J connectivity index is 2.82. The molecule has 2 N–H and O–H groups in total. The molecular formula is C13H18N2OS2. The predicted octanol–water partition coefficient (Wildman–Crippen LogP) is 2.57. The summed E-state index contributed by atoms with van der Waals surface area (Å²) < 4.78 is 0.715. The molecule has 0 saturated carbocycles. The van der Waals surface area contributed by atoms with Crippen molar-refractivity contribution in [2.45, 2.75) is 19.1 Å². The van der Waals surface area contributed by atoms with E-state index >= 15 is 0 Å². The Labute approximate surface area is 118 Å². The zero-order chi connectivity index (χ0) is 13.5. The maximum atomic E-state index is 11.6. The Morgan fingerprint density at radius 2 is 1.89 bits per heavy atom. The van der Waals surface area contributed by atoms with E-state index in [1.54, 1.807) is 0 Å². The molecule has 1 aromatic rings. The summed E-state index contributed by atoms with van der Waals surface area (Å²) in [6, 6.07) is 9.49. The van der Waals surface area contributed by atoms with Crippen LogP contribution in [-0.2, 0) is 4.79 Å². The van der Waals surface area contributed by atoms with Crippen molar-refractivity contribution in [2.75, 3.05) is 13.1 Å². The molecule has 1 aromatic carbocycles. The van der Waals surface area contributed by atoms with Crippen molar-refractivity contribution in [2.24, 2.45) is 5.73 Å². The van der Waals surface area contributed by atoms with Gasteiger partial charge in [-0.1, -0.05) is 54.3 Å². The zero-order valence-corrected chi connectivity index (χ0v) is 12.3. The average molecular weight is 282 g/mol. The first-order chi connectivity index (χ1) is 8.60. The summed E-state index contributed by atoms with van der Waals surface area (Å²) in [7, 11) is 0. The molecule has 0 aliphatic rings. The number of carbonyl (C=O) groups is 1. The van der Waals surface area contributed by atoms with Gasteiger partial charge in [0.2, 0.25) is 5.91 Å². The molecule has 0 radical (unpaired) electrons. The number of carbonyl (C=O) groups excluding carboxylic acids is 1. The molecule has 0 aromatic heterocycles. The molecular weight excluding hydrogens is 264 g/mol. The van der Waals surface area contributed by atoms with E-state index in [4.69, 9.17) is 18.0 Å². The highest BCUT2D eigenvalue weighted by Crippen LogP contribution is 2.30. The van der Waals surface area contributed by atoms with Gasteiger partial charge in [-0.15, -0.1) is 0 Å². The van der Waals surface area contributed by atoms with Gasteiger partial charge in [0.25, 0.3) is 0 Å². The van der Waals surface area contributed by atoms with E-state index < -0.39 is 5.25 Å². The van der Waals surface area contributed by atoms with Gasteiger partial charge >= 0.3 is 0 Å². The van der Waals surface area contributed by atoms with Crippen LogP contribution in [0.5, 0.6) is 0 Å². The Bertz CT molecular complexity index is 405. The maximum Gasteiger partial charge on any atom is 0.235 e. The van der Waals surface area contributed by atoms with Gasteiger partial charge < -0.3 is 10.6 Å². The number of amides is 1. The first-order valence-corrected chi connectivity index (χ1v) is 7.18. The van der Waals surface area contributed by atoms with Gasteiger partial charge in [0.05, 0.1) is 0 Å². The molecule has 3 nitrogen and oxygen atoms in total. The molecule has 98 valence electrons. The quantitative estimate of drug-likeness (QED) is 0.843.